The molecular weight excluding hydrogens is 326 g/mol. The zero-order valence-corrected chi connectivity index (χ0v) is 14.4. The fourth-order valence-electron chi connectivity index (χ4n) is 3.69. The van der Waals surface area contributed by atoms with Crippen molar-refractivity contribution in [3.05, 3.63) is 23.8 Å². The molecule has 0 spiro atoms. The number of fused-ring (bicyclic) bond motifs is 2. The van der Waals surface area contributed by atoms with Gasteiger partial charge in [0.1, 0.15) is 18.0 Å². The molecule has 2 aliphatic rings. The third kappa shape index (κ3) is 3.87. The third-order valence-corrected chi connectivity index (χ3v) is 4.85. The van der Waals surface area contributed by atoms with E-state index in [1.165, 1.54) is 4.90 Å². The minimum absolute atomic E-state index is 0.0753. The highest BCUT2D eigenvalue weighted by Gasteiger charge is 2.45. The largest absolute Gasteiger partial charge is 0.497 e. The zero-order valence-electron chi connectivity index (χ0n) is 14.4. The molecule has 2 heterocycles. The Bertz CT molecular complexity index is 639. The fourth-order valence-corrected chi connectivity index (χ4v) is 3.69. The van der Waals surface area contributed by atoms with Gasteiger partial charge in [-0.05, 0) is 37.0 Å². The first-order valence-electron chi connectivity index (χ1n) is 8.38. The van der Waals surface area contributed by atoms with E-state index < -0.39 is 5.97 Å². The van der Waals surface area contributed by atoms with E-state index in [1.807, 2.05) is 0 Å². The average Bonchev–Trinajstić information content (AvgIpc) is 3.23. The maximum absolute atomic E-state index is 12.9. The number of aliphatic carboxylic acids is 1. The first kappa shape index (κ1) is 17.5. The highest BCUT2D eigenvalue weighted by atomic mass is 16.5. The fraction of sp³-hybridized carbons (Fsp3) is 0.556. The van der Waals surface area contributed by atoms with Crippen molar-refractivity contribution in [2.45, 2.75) is 38.0 Å². The molecule has 7 heteroatoms. The van der Waals surface area contributed by atoms with E-state index in [9.17, 15) is 14.7 Å². The molecule has 3 atom stereocenters. The molecule has 7 nitrogen and oxygen atoms in total. The maximum Gasteiger partial charge on any atom is 0.323 e. The molecule has 0 saturated carbocycles. The number of ether oxygens (including phenoxy) is 3. The van der Waals surface area contributed by atoms with Crippen LogP contribution < -0.4 is 9.47 Å². The Morgan fingerprint density at radius 3 is 2.36 bits per heavy atom. The van der Waals surface area contributed by atoms with Gasteiger partial charge in [0.15, 0.2) is 0 Å². The molecule has 1 N–H and O–H groups in total. The second kappa shape index (κ2) is 7.31. The van der Waals surface area contributed by atoms with Crippen molar-refractivity contribution < 1.29 is 28.9 Å². The predicted molar refractivity (Wildman–Crippen MR) is 88.6 cm³/mol. The van der Waals surface area contributed by atoms with E-state index in [4.69, 9.17) is 14.2 Å². The van der Waals surface area contributed by atoms with Crippen LogP contribution in [-0.2, 0) is 20.9 Å². The van der Waals surface area contributed by atoms with E-state index in [0.29, 0.717) is 17.9 Å². The smallest absolute Gasteiger partial charge is 0.323 e. The number of rotatable bonds is 7. The third-order valence-electron chi connectivity index (χ3n) is 4.85. The Morgan fingerprint density at radius 2 is 1.88 bits per heavy atom. The van der Waals surface area contributed by atoms with E-state index in [-0.39, 0.29) is 37.1 Å². The van der Waals surface area contributed by atoms with Gasteiger partial charge >= 0.3 is 5.97 Å². The van der Waals surface area contributed by atoms with E-state index in [2.05, 4.69) is 0 Å². The summed E-state index contributed by atoms with van der Waals surface area (Å²) < 4.78 is 16.2. The van der Waals surface area contributed by atoms with Crippen LogP contribution in [0.25, 0.3) is 0 Å². The normalized spacial score (nSPS) is 24.2. The summed E-state index contributed by atoms with van der Waals surface area (Å²) in [6.07, 6.45) is 2.60. The van der Waals surface area contributed by atoms with Crippen LogP contribution in [0.3, 0.4) is 0 Å². The standard InChI is InChI=1S/C18H23NO6/c1-23-13-5-11(6-14(7-13)24-2)9-19(10-17(20)21)18(22)15-8-12-3-4-16(15)25-12/h5-7,12,15-16H,3-4,8-10H2,1-2H3,(H,20,21). The van der Waals surface area contributed by atoms with Gasteiger partial charge in [0.25, 0.3) is 0 Å². The predicted octanol–water partition coefficient (Wildman–Crippen LogP) is 1.68. The van der Waals surface area contributed by atoms with E-state index in [1.54, 1.807) is 32.4 Å². The van der Waals surface area contributed by atoms with Crippen molar-refractivity contribution in [2.24, 2.45) is 5.92 Å². The molecule has 1 aromatic carbocycles. The number of amides is 1. The number of nitrogens with zero attached hydrogens (tertiary/aromatic N) is 1. The van der Waals surface area contributed by atoms with Crippen LogP contribution >= 0.6 is 0 Å². The highest BCUT2D eigenvalue weighted by Crippen LogP contribution is 2.39. The Balaban J connectivity index is 1.79. The average molecular weight is 349 g/mol. The van der Waals surface area contributed by atoms with Crippen LogP contribution in [0.15, 0.2) is 18.2 Å². The van der Waals surface area contributed by atoms with Gasteiger partial charge in [-0.15, -0.1) is 0 Å². The topological polar surface area (TPSA) is 85.3 Å². The summed E-state index contributed by atoms with van der Waals surface area (Å²) in [5.41, 5.74) is 0.759. The van der Waals surface area contributed by atoms with Crippen molar-refractivity contribution in [2.75, 3.05) is 20.8 Å². The minimum Gasteiger partial charge on any atom is -0.497 e. The van der Waals surface area contributed by atoms with Crippen LogP contribution in [-0.4, -0.2) is 54.9 Å². The Morgan fingerprint density at radius 1 is 1.20 bits per heavy atom. The lowest BCUT2D eigenvalue weighted by atomic mass is 9.88. The summed E-state index contributed by atoms with van der Waals surface area (Å²) in [6, 6.07) is 5.29. The monoisotopic (exact) mass is 349 g/mol. The van der Waals surface area contributed by atoms with Crippen molar-refractivity contribution in [1.29, 1.82) is 0 Å². The summed E-state index contributed by atoms with van der Waals surface area (Å²) in [5.74, 6) is -0.241. The zero-order chi connectivity index (χ0) is 18.0. The maximum atomic E-state index is 12.9. The molecule has 25 heavy (non-hydrogen) atoms. The number of carbonyl (C=O) groups excluding carboxylic acids is 1. The molecule has 0 aliphatic carbocycles. The van der Waals surface area contributed by atoms with Crippen molar-refractivity contribution in [3.8, 4) is 11.5 Å². The number of hydrogen-bond donors (Lipinski definition) is 1. The highest BCUT2D eigenvalue weighted by molar-refractivity contribution is 5.84. The van der Waals surface area contributed by atoms with E-state index >= 15 is 0 Å². The summed E-state index contributed by atoms with van der Waals surface area (Å²) in [5, 5.41) is 9.21. The number of carbonyl (C=O) groups is 2. The molecule has 136 valence electrons. The molecular formula is C18H23NO6. The summed E-state index contributed by atoms with van der Waals surface area (Å²) >= 11 is 0. The van der Waals surface area contributed by atoms with Crippen LogP contribution in [0.1, 0.15) is 24.8 Å². The lowest BCUT2D eigenvalue weighted by molar-refractivity contribution is -0.147. The van der Waals surface area contributed by atoms with E-state index in [0.717, 1.165) is 18.4 Å². The quantitative estimate of drug-likeness (QED) is 0.806. The van der Waals surface area contributed by atoms with Crippen LogP contribution in [0, 0.1) is 5.92 Å². The molecule has 2 aliphatic heterocycles. The van der Waals surface area contributed by atoms with Crippen LogP contribution in [0.5, 0.6) is 11.5 Å². The summed E-state index contributed by atoms with van der Waals surface area (Å²) in [4.78, 5) is 25.5. The molecule has 2 fully saturated rings. The Kier molecular flexibility index (Phi) is 5.13. The molecule has 2 saturated heterocycles. The van der Waals surface area contributed by atoms with Gasteiger partial charge in [-0.1, -0.05) is 0 Å². The number of carboxylic acid groups (broad SMARTS) is 1. The molecule has 0 radical (unpaired) electrons. The number of hydrogen-bond acceptors (Lipinski definition) is 5. The Hall–Kier alpha value is -2.28. The summed E-state index contributed by atoms with van der Waals surface area (Å²) in [7, 11) is 3.09. The first-order valence-corrected chi connectivity index (χ1v) is 8.38. The van der Waals surface area contributed by atoms with Crippen LogP contribution in [0.4, 0.5) is 0 Å². The second-order valence-corrected chi connectivity index (χ2v) is 6.53. The van der Waals surface area contributed by atoms with Gasteiger partial charge in [-0.2, -0.15) is 0 Å². The summed E-state index contributed by atoms with van der Waals surface area (Å²) in [6.45, 7) is -0.154. The molecule has 3 unspecified atom stereocenters. The van der Waals surface area contributed by atoms with Crippen molar-refractivity contribution >= 4 is 11.9 Å². The molecule has 1 amide bonds. The number of methoxy groups -OCH3 is 2. The number of carboxylic acids is 1. The molecule has 1 aromatic rings. The van der Waals surface area contributed by atoms with Gasteiger partial charge in [0, 0.05) is 12.6 Å². The minimum atomic E-state index is -1.03. The van der Waals surface area contributed by atoms with Gasteiger partial charge in [-0.25, -0.2) is 0 Å². The molecule has 3 rings (SSSR count). The van der Waals surface area contributed by atoms with Gasteiger partial charge in [-0.3, -0.25) is 9.59 Å². The van der Waals surface area contributed by atoms with Gasteiger partial charge in [0.05, 0.1) is 32.3 Å². The first-order chi connectivity index (χ1) is 12.0. The number of benzene rings is 1. The lowest BCUT2D eigenvalue weighted by Gasteiger charge is -2.27. The SMILES string of the molecule is COc1cc(CN(CC(=O)O)C(=O)C2CC3CCC2O3)cc(OC)c1. The van der Waals surface area contributed by atoms with Crippen molar-refractivity contribution in [3.63, 3.8) is 0 Å². The van der Waals surface area contributed by atoms with Gasteiger partial charge < -0.3 is 24.2 Å². The lowest BCUT2D eigenvalue weighted by Crippen LogP contribution is -2.42. The molecule has 2 bridgehead atoms. The van der Waals surface area contributed by atoms with Crippen molar-refractivity contribution in [1.82, 2.24) is 4.90 Å². The Labute approximate surface area is 146 Å². The van der Waals surface area contributed by atoms with Crippen LogP contribution in [0.2, 0.25) is 0 Å². The molecule has 0 aromatic heterocycles. The second-order valence-electron chi connectivity index (χ2n) is 6.53. The van der Waals surface area contributed by atoms with Gasteiger partial charge in [0.2, 0.25) is 5.91 Å².